The average molecular weight is 401 g/mol. The van der Waals surface area contributed by atoms with Crippen molar-refractivity contribution >= 4 is 34.2 Å². The Morgan fingerprint density at radius 3 is 2.55 bits per heavy atom. The molecule has 0 radical (unpaired) electrons. The fraction of sp³-hybridized carbons (Fsp3) is 0.333. The summed E-state index contributed by atoms with van der Waals surface area (Å²) in [6.45, 7) is 0.613. The molecule has 1 aliphatic carbocycles. The summed E-state index contributed by atoms with van der Waals surface area (Å²) >= 11 is 8.48. The van der Waals surface area contributed by atoms with Gasteiger partial charge in [0, 0.05) is 18.6 Å². The van der Waals surface area contributed by atoms with E-state index in [1.165, 1.54) is 12.8 Å². The van der Waals surface area contributed by atoms with Gasteiger partial charge in [-0.3, -0.25) is 0 Å². The second-order valence-corrected chi connectivity index (χ2v) is 6.38. The molecule has 0 bridgehead atoms. The van der Waals surface area contributed by atoms with Gasteiger partial charge in [-0.2, -0.15) is 0 Å². The molecular weight excluding hydrogens is 387 g/mol. The number of nitrogens with zero attached hydrogens (tertiary/aromatic N) is 2. The number of hydrogen-bond donors (Lipinski definition) is 0. The Morgan fingerprint density at radius 1 is 1.25 bits per heavy atom. The average Bonchev–Trinajstić information content (AvgIpc) is 3.27. The van der Waals surface area contributed by atoms with E-state index >= 15 is 0 Å². The predicted molar refractivity (Wildman–Crippen MR) is 87.9 cm³/mol. The van der Waals surface area contributed by atoms with E-state index < -0.39 is 0 Å². The van der Waals surface area contributed by atoms with Crippen LogP contribution >= 0.6 is 34.2 Å². The van der Waals surface area contributed by atoms with Gasteiger partial charge in [-0.25, -0.2) is 9.97 Å². The van der Waals surface area contributed by atoms with Crippen molar-refractivity contribution in [2.75, 3.05) is 7.11 Å². The summed E-state index contributed by atoms with van der Waals surface area (Å²) in [7, 11) is 1.69. The Hall–Kier alpha value is -0.720. The summed E-state index contributed by atoms with van der Waals surface area (Å²) < 4.78 is 6.11. The molecule has 1 aromatic heterocycles. The summed E-state index contributed by atoms with van der Waals surface area (Å²) in [5.41, 5.74) is 3.22. The predicted octanol–water partition coefficient (Wildman–Crippen LogP) is 4.43. The van der Waals surface area contributed by atoms with Crippen molar-refractivity contribution in [1.82, 2.24) is 9.97 Å². The fourth-order valence-electron chi connectivity index (χ4n) is 2.11. The topological polar surface area (TPSA) is 35.0 Å². The highest BCUT2D eigenvalue weighted by Crippen LogP contribution is 2.42. The van der Waals surface area contributed by atoms with Gasteiger partial charge in [-0.15, -0.1) is 0 Å². The van der Waals surface area contributed by atoms with Crippen molar-refractivity contribution in [2.24, 2.45) is 0 Å². The molecule has 1 aliphatic rings. The molecule has 104 valence electrons. The van der Waals surface area contributed by atoms with Gasteiger partial charge in [0.2, 0.25) is 0 Å². The minimum absolute atomic E-state index is 0.554. The quantitative estimate of drug-likeness (QED) is 0.563. The van der Waals surface area contributed by atoms with E-state index in [-0.39, 0.29) is 0 Å². The van der Waals surface area contributed by atoms with Gasteiger partial charge in [-0.05, 0) is 41.0 Å². The number of benzene rings is 1. The standard InChI is InChI=1S/C15H14ClIN2O/c1-20-8-9-2-4-11(5-3-9)15-18-13(10-6-7-10)12(17)14(16)19-15/h2-5,10H,6-8H2,1H3. The van der Waals surface area contributed by atoms with Crippen LogP contribution in [0.3, 0.4) is 0 Å². The van der Waals surface area contributed by atoms with Gasteiger partial charge in [0.15, 0.2) is 5.82 Å². The number of hydrogen-bond acceptors (Lipinski definition) is 3. The molecule has 1 aromatic carbocycles. The van der Waals surface area contributed by atoms with Crippen molar-refractivity contribution in [2.45, 2.75) is 25.4 Å². The molecule has 3 nitrogen and oxygen atoms in total. The van der Waals surface area contributed by atoms with Crippen LogP contribution in [0.25, 0.3) is 11.4 Å². The molecule has 1 saturated carbocycles. The SMILES string of the molecule is COCc1ccc(-c2nc(Cl)c(I)c(C3CC3)n2)cc1. The van der Waals surface area contributed by atoms with Crippen LogP contribution in [-0.2, 0) is 11.3 Å². The zero-order chi connectivity index (χ0) is 14.1. The van der Waals surface area contributed by atoms with Gasteiger partial charge in [0.1, 0.15) is 5.15 Å². The molecule has 20 heavy (non-hydrogen) atoms. The van der Waals surface area contributed by atoms with Crippen LogP contribution in [0.5, 0.6) is 0 Å². The highest BCUT2D eigenvalue weighted by molar-refractivity contribution is 14.1. The highest BCUT2D eigenvalue weighted by atomic mass is 127. The number of ether oxygens (including phenoxy) is 1. The summed E-state index contributed by atoms with van der Waals surface area (Å²) in [5.74, 6) is 1.27. The molecule has 1 heterocycles. The Kier molecular flexibility index (Phi) is 4.23. The third-order valence-electron chi connectivity index (χ3n) is 3.32. The normalized spacial score (nSPS) is 14.6. The van der Waals surface area contributed by atoms with Crippen LogP contribution in [0.4, 0.5) is 0 Å². The van der Waals surface area contributed by atoms with Crippen LogP contribution in [0.1, 0.15) is 30.0 Å². The van der Waals surface area contributed by atoms with Gasteiger partial charge in [-0.1, -0.05) is 35.9 Å². The van der Waals surface area contributed by atoms with Gasteiger partial charge in [0.05, 0.1) is 15.9 Å². The monoisotopic (exact) mass is 400 g/mol. The largest absolute Gasteiger partial charge is 0.380 e. The first-order valence-corrected chi connectivity index (χ1v) is 7.96. The third-order valence-corrected chi connectivity index (χ3v) is 4.98. The van der Waals surface area contributed by atoms with E-state index in [1.807, 2.05) is 24.3 Å². The van der Waals surface area contributed by atoms with Gasteiger partial charge >= 0.3 is 0 Å². The number of aromatic nitrogens is 2. The Labute approximate surface area is 136 Å². The second kappa shape index (κ2) is 5.95. The van der Waals surface area contributed by atoms with E-state index in [9.17, 15) is 0 Å². The van der Waals surface area contributed by atoms with E-state index in [1.54, 1.807) is 7.11 Å². The third kappa shape index (κ3) is 2.97. The second-order valence-electron chi connectivity index (χ2n) is 4.94. The molecule has 0 spiro atoms. The van der Waals surface area contributed by atoms with E-state index in [0.717, 1.165) is 20.4 Å². The molecule has 2 aromatic rings. The van der Waals surface area contributed by atoms with E-state index in [2.05, 4.69) is 27.6 Å². The molecule has 0 amide bonds. The summed E-state index contributed by atoms with van der Waals surface area (Å²) in [4.78, 5) is 9.11. The summed E-state index contributed by atoms with van der Waals surface area (Å²) in [5, 5.41) is 0.554. The molecule has 3 rings (SSSR count). The number of rotatable bonds is 4. The lowest BCUT2D eigenvalue weighted by Crippen LogP contribution is -1.99. The lowest BCUT2D eigenvalue weighted by molar-refractivity contribution is 0.185. The smallest absolute Gasteiger partial charge is 0.161 e. The maximum absolute atomic E-state index is 6.24. The van der Waals surface area contributed by atoms with E-state index in [4.69, 9.17) is 21.3 Å². The zero-order valence-electron chi connectivity index (χ0n) is 11.1. The van der Waals surface area contributed by atoms with Crippen molar-refractivity contribution in [1.29, 1.82) is 0 Å². The van der Waals surface area contributed by atoms with Crippen LogP contribution in [0.15, 0.2) is 24.3 Å². The molecule has 0 atom stereocenters. The first-order chi connectivity index (χ1) is 9.69. The number of methoxy groups -OCH3 is 1. The maximum Gasteiger partial charge on any atom is 0.161 e. The molecule has 0 unspecified atom stereocenters. The molecule has 0 N–H and O–H groups in total. The molecule has 1 fully saturated rings. The first-order valence-electron chi connectivity index (χ1n) is 6.50. The van der Waals surface area contributed by atoms with Gasteiger partial charge in [0.25, 0.3) is 0 Å². The van der Waals surface area contributed by atoms with Crippen molar-refractivity contribution in [3.05, 3.63) is 44.2 Å². The molecule has 0 aliphatic heterocycles. The number of halogens is 2. The minimum Gasteiger partial charge on any atom is -0.380 e. The van der Waals surface area contributed by atoms with Crippen molar-refractivity contribution < 1.29 is 4.74 Å². The van der Waals surface area contributed by atoms with Crippen molar-refractivity contribution in [3.8, 4) is 11.4 Å². The highest BCUT2D eigenvalue weighted by Gasteiger charge is 2.29. The summed E-state index contributed by atoms with van der Waals surface area (Å²) in [6, 6.07) is 8.10. The summed E-state index contributed by atoms with van der Waals surface area (Å²) in [6.07, 6.45) is 2.41. The Morgan fingerprint density at radius 2 is 1.95 bits per heavy atom. The van der Waals surface area contributed by atoms with Crippen LogP contribution in [-0.4, -0.2) is 17.1 Å². The minimum atomic E-state index is 0.554. The lowest BCUT2D eigenvalue weighted by Gasteiger charge is -2.08. The van der Waals surface area contributed by atoms with Crippen LogP contribution < -0.4 is 0 Å². The van der Waals surface area contributed by atoms with E-state index in [0.29, 0.717) is 23.5 Å². The Bertz CT molecular complexity index is 627. The molecule has 5 heteroatoms. The first kappa shape index (κ1) is 14.2. The van der Waals surface area contributed by atoms with Crippen LogP contribution in [0, 0.1) is 3.57 Å². The zero-order valence-corrected chi connectivity index (χ0v) is 14.0. The molecule has 0 saturated heterocycles. The fourth-order valence-corrected chi connectivity index (χ4v) is 2.97. The Balaban J connectivity index is 1.96. The van der Waals surface area contributed by atoms with Crippen molar-refractivity contribution in [3.63, 3.8) is 0 Å². The van der Waals surface area contributed by atoms with Gasteiger partial charge < -0.3 is 4.74 Å². The maximum atomic E-state index is 6.24. The van der Waals surface area contributed by atoms with Crippen LogP contribution in [0.2, 0.25) is 5.15 Å². The lowest BCUT2D eigenvalue weighted by atomic mass is 10.1. The molecular formula is C15H14ClIN2O.